The number of nitrogens with one attached hydrogen (secondary N) is 1. The van der Waals surface area contributed by atoms with Crippen LogP contribution in [-0.4, -0.2) is 78.5 Å². The molecule has 6 rings (SSSR count). The molecule has 0 fully saturated rings. The van der Waals surface area contributed by atoms with E-state index in [0.29, 0.717) is 24.4 Å². The van der Waals surface area contributed by atoms with Crippen molar-refractivity contribution >= 4 is 108 Å². The maximum Gasteiger partial charge on any atom is 1.00 e. The summed E-state index contributed by atoms with van der Waals surface area (Å²) < 4.78 is 147. The van der Waals surface area contributed by atoms with Gasteiger partial charge in [0.1, 0.15) is 51.8 Å². The fourth-order valence-electron chi connectivity index (χ4n) is 5.63. The molecule has 0 aliphatic rings. The number of phenols is 1. The zero-order valence-corrected chi connectivity index (χ0v) is 43.8. The molecule has 0 radical (unpaired) electrons. The summed E-state index contributed by atoms with van der Waals surface area (Å²) in [5.41, 5.74) is -1.87. The van der Waals surface area contributed by atoms with Gasteiger partial charge in [0.15, 0.2) is 5.75 Å². The Kier molecular flexibility index (Phi) is 19.2. The van der Waals surface area contributed by atoms with Gasteiger partial charge >= 0.3 is 118 Å². The van der Waals surface area contributed by atoms with Crippen molar-refractivity contribution < 1.29 is 175 Å². The summed E-state index contributed by atoms with van der Waals surface area (Å²) in [5.74, 6) is -1.61. The number of rotatable bonds is 11. The van der Waals surface area contributed by atoms with E-state index >= 15 is 0 Å². The number of benzene rings is 5. The Hall–Kier alpha value is -1.44. The number of phenolic OH excluding ortho intramolecular Hbond substituents is 1. The van der Waals surface area contributed by atoms with Crippen LogP contribution in [0.15, 0.2) is 109 Å². The topological polar surface area (TPSA) is 328 Å². The van der Waals surface area contributed by atoms with Gasteiger partial charge < -0.3 is 33.5 Å². The number of nitrogens with zero attached hydrogens (tertiary/aromatic N) is 6. The summed E-state index contributed by atoms with van der Waals surface area (Å²) in [6, 6.07) is 15.1. The molecule has 0 bridgehead atoms. The third-order valence-electron chi connectivity index (χ3n) is 7.88. The van der Waals surface area contributed by atoms with E-state index in [1.54, 1.807) is 42.2 Å². The van der Waals surface area contributed by atoms with Crippen LogP contribution in [0.3, 0.4) is 0 Å². The number of fused-ring (bicyclic) bond motifs is 2. The van der Waals surface area contributed by atoms with E-state index in [1.165, 1.54) is 0 Å². The number of anilines is 4. The average molecular weight is 954 g/mol. The van der Waals surface area contributed by atoms with Crippen molar-refractivity contribution in [2.45, 2.75) is 26.5 Å². The van der Waals surface area contributed by atoms with Gasteiger partial charge in [-0.3, -0.25) is 0 Å². The first-order chi connectivity index (χ1) is 26.1. The Morgan fingerprint density at radius 3 is 1.90 bits per heavy atom. The summed E-state index contributed by atoms with van der Waals surface area (Å²) in [7, 11) is -21.8. The van der Waals surface area contributed by atoms with E-state index in [4.69, 9.17) is 11.6 Å². The van der Waals surface area contributed by atoms with Gasteiger partial charge in [-0.25, -0.2) is 33.7 Å². The van der Waals surface area contributed by atoms with E-state index < -0.39 is 104 Å². The van der Waals surface area contributed by atoms with E-state index in [2.05, 4.69) is 30.5 Å². The number of halogens is 1. The predicted octanol–water partition coefficient (Wildman–Crippen LogP) is -7.51. The van der Waals surface area contributed by atoms with Gasteiger partial charge in [0, 0.05) is 28.4 Å². The molecule has 60 heavy (non-hydrogen) atoms. The quantitative estimate of drug-likeness (QED) is 0.0692. The third kappa shape index (κ3) is 12.0. The largest absolute Gasteiger partial charge is 1.00 e. The van der Waals surface area contributed by atoms with Crippen LogP contribution in [0.25, 0.3) is 21.5 Å². The van der Waals surface area contributed by atoms with E-state index in [-0.39, 0.29) is 135 Å². The van der Waals surface area contributed by atoms with Crippen molar-refractivity contribution in [3.63, 3.8) is 0 Å². The summed E-state index contributed by atoms with van der Waals surface area (Å²) >= 11 is 6.20. The Labute approximate surface area is 435 Å². The molecule has 5 aromatic carbocycles. The Balaban J connectivity index is 0.00000310. The minimum absolute atomic E-state index is 0. The van der Waals surface area contributed by atoms with Gasteiger partial charge in [0.2, 0.25) is 17.2 Å². The Bertz CT molecular complexity index is 3100. The summed E-state index contributed by atoms with van der Waals surface area (Å²) in [5, 5.41) is 18.9. The first-order valence-corrected chi connectivity index (χ1v) is 21.2. The minimum Gasteiger partial charge on any atom is -0.744 e. The molecule has 0 aliphatic heterocycles. The molecule has 2 N–H and O–H groups in total. The van der Waals surface area contributed by atoms with Crippen LogP contribution in [0.5, 0.6) is 5.75 Å². The van der Waals surface area contributed by atoms with Crippen LogP contribution in [0.1, 0.15) is 6.92 Å². The van der Waals surface area contributed by atoms with E-state index in [9.17, 15) is 57.0 Å². The summed E-state index contributed by atoms with van der Waals surface area (Å²) in [6.45, 7) is 2.08. The number of hydrogen-bond donors (Lipinski definition) is 2. The smallest absolute Gasteiger partial charge is 0.744 e. The van der Waals surface area contributed by atoms with Crippen LogP contribution in [0.2, 0.25) is 5.28 Å². The standard InChI is InChI=1S/C31H24ClN7O13S4.4Na/c1-2-39(17-7-4-3-5-8-17)31-35-29(32)34-30(36-31)33-22-15-18(53(41,42)43)13-16-14-24(55(47,48)49)26(27(40)25(16)22)38-37-21-12-11-19-20(28(21)56(50,51)52)9-6-10-23(19)54(44,45)46;;;;/h3-15,40H,2H2,1H3,(H,41,42,43)(H,44,45,46)(H,47,48,49)(H,50,51,52)(H,33,34,35,36);;;;/q;4*+1/p-4. The second-order valence-electron chi connectivity index (χ2n) is 11.4. The predicted molar refractivity (Wildman–Crippen MR) is 193 cm³/mol. The van der Waals surface area contributed by atoms with Crippen LogP contribution >= 0.6 is 11.6 Å². The molecular weight excluding hydrogens is 934 g/mol. The first kappa shape index (κ1) is 54.7. The molecule has 1 heterocycles. The average Bonchev–Trinajstić information content (AvgIpc) is 3.09. The molecule has 0 saturated carbocycles. The zero-order chi connectivity index (χ0) is 41.0. The van der Waals surface area contributed by atoms with Gasteiger partial charge in [-0.2, -0.15) is 15.0 Å². The SMILES string of the molecule is CCN(c1ccccc1)c1nc(Cl)nc(Nc2cc(S(=O)(=O)[O-])cc3cc(S(=O)(=O)[O-])c(N=Nc4ccc5c(S(=O)(=O)[O-])cccc5c4S(=O)(=O)[O-])c(O)c23)n1.[Na+].[Na+].[Na+].[Na+]. The van der Waals surface area contributed by atoms with Crippen molar-refractivity contribution in [3.05, 3.63) is 84.1 Å². The molecule has 29 heteroatoms. The fraction of sp³-hybridized carbons (Fsp3) is 0.0645. The summed E-state index contributed by atoms with van der Waals surface area (Å²) in [6.07, 6.45) is 0. The Morgan fingerprint density at radius 2 is 1.33 bits per heavy atom. The van der Waals surface area contributed by atoms with Gasteiger partial charge in [0.25, 0.3) is 0 Å². The third-order valence-corrected chi connectivity index (χ3v) is 11.5. The van der Waals surface area contributed by atoms with Crippen molar-refractivity contribution in [1.29, 1.82) is 0 Å². The molecule has 20 nitrogen and oxygen atoms in total. The summed E-state index contributed by atoms with van der Waals surface area (Å²) in [4.78, 5) is 9.59. The fourth-order valence-corrected chi connectivity index (χ4v) is 8.47. The van der Waals surface area contributed by atoms with Crippen LogP contribution in [0, 0.1) is 0 Å². The second kappa shape index (κ2) is 21.0. The molecule has 0 aliphatic carbocycles. The molecule has 0 saturated heterocycles. The van der Waals surface area contributed by atoms with Crippen LogP contribution < -0.4 is 128 Å². The van der Waals surface area contributed by atoms with Crippen LogP contribution in [-0.2, 0) is 40.5 Å². The van der Waals surface area contributed by atoms with Gasteiger partial charge in [-0.05, 0) is 66.4 Å². The number of para-hydroxylation sites is 1. The molecule has 0 unspecified atom stereocenters. The minimum atomic E-state index is -5.67. The maximum absolute atomic E-state index is 12.5. The van der Waals surface area contributed by atoms with Crippen LogP contribution in [0.4, 0.5) is 34.6 Å². The molecule has 6 aromatic rings. The normalized spacial score (nSPS) is 11.9. The van der Waals surface area contributed by atoms with Crippen molar-refractivity contribution in [2.24, 2.45) is 10.2 Å². The molecule has 0 spiro atoms. The molecule has 1 aromatic heterocycles. The Morgan fingerprint density at radius 1 is 0.700 bits per heavy atom. The van der Waals surface area contributed by atoms with Gasteiger partial charge in [0.05, 0.1) is 25.3 Å². The molecule has 0 amide bonds. The number of aromatic hydroxyl groups is 1. The van der Waals surface area contributed by atoms with Crippen molar-refractivity contribution in [3.8, 4) is 5.75 Å². The zero-order valence-electron chi connectivity index (χ0n) is 31.8. The maximum atomic E-state index is 12.5. The molecular formula is C31H20ClN7Na4O13S4. The van der Waals surface area contributed by atoms with Crippen molar-refractivity contribution in [1.82, 2.24) is 15.0 Å². The van der Waals surface area contributed by atoms with Gasteiger partial charge in [-0.15, -0.1) is 10.2 Å². The van der Waals surface area contributed by atoms with E-state index in [0.717, 1.165) is 36.4 Å². The number of azo groups is 1. The second-order valence-corrected chi connectivity index (χ2v) is 17.1. The first-order valence-electron chi connectivity index (χ1n) is 15.2. The molecule has 292 valence electrons. The molecule has 0 atom stereocenters. The number of hydrogen-bond acceptors (Lipinski definition) is 20. The monoisotopic (exact) mass is 953 g/mol. The van der Waals surface area contributed by atoms with Crippen molar-refractivity contribution in [2.75, 3.05) is 16.8 Å². The van der Waals surface area contributed by atoms with E-state index in [1.807, 2.05) is 0 Å². The number of aromatic nitrogens is 3. The van der Waals surface area contributed by atoms with Gasteiger partial charge in [-0.1, -0.05) is 36.4 Å².